The number of hydrogen-bond acceptors (Lipinski definition) is 0. The summed E-state index contributed by atoms with van der Waals surface area (Å²) in [6, 6.07) is 0. The molecule has 0 aromatic heterocycles. The highest BCUT2D eigenvalue weighted by molar-refractivity contribution is 6.23. The van der Waals surface area contributed by atoms with Gasteiger partial charge in [0.15, 0.2) is 0 Å². The number of hydrogen-bond donors (Lipinski definition) is 0. The molecule has 1 atom stereocenters. The Morgan fingerprint density at radius 2 is 1.80 bits per heavy atom. The normalized spacial score (nSPS) is 15.9. The van der Waals surface area contributed by atoms with E-state index < -0.39 is 11.0 Å². The van der Waals surface area contributed by atoms with Crippen LogP contribution >= 0.6 is 11.6 Å². The topological polar surface area (TPSA) is 19.9 Å². The van der Waals surface area contributed by atoms with E-state index >= 15 is 0 Å². The molecule has 0 spiro atoms. The molecule has 10 heavy (non-hydrogen) atoms. The summed E-state index contributed by atoms with van der Waals surface area (Å²) in [5.41, 5.74) is 0. The van der Waals surface area contributed by atoms with Crippen LogP contribution in [0.1, 0.15) is 34.1 Å². The molecule has 0 aliphatic rings. The first-order chi connectivity index (χ1) is 4.34. The molecule has 0 aliphatic carbocycles. The van der Waals surface area contributed by atoms with Gasteiger partial charge in [-0.15, -0.1) is 11.6 Å². The zero-order chi connectivity index (χ0) is 8.36. The summed E-state index contributed by atoms with van der Waals surface area (Å²) in [5.74, 6) is 0.445. The van der Waals surface area contributed by atoms with Gasteiger partial charge in [-0.2, -0.15) is 0 Å². The zero-order valence-electron chi connectivity index (χ0n) is 7.15. The van der Waals surface area contributed by atoms with Gasteiger partial charge in [0.05, 0.1) is 4.87 Å². The Balaban J connectivity index is 3.73. The predicted octanol–water partition coefficient (Wildman–Crippen LogP) is 2.85. The minimum Gasteiger partial charge on any atom is -0.231 e. The average Bonchev–Trinajstić information content (AvgIpc) is 1.60. The van der Waals surface area contributed by atoms with Crippen molar-refractivity contribution in [3.05, 3.63) is 0 Å². The maximum absolute atomic E-state index is 11.2. The highest BCUT2D eigenvalue weighted by atomic mass is 35.5. The van der Waals surface area contributed by atoms with E-state index in [9.17, 15) is 5.11 Å². The van der Waals surface area contributed by atoms with E-state index in [-0.39, 0.29) is 0 Å². The Morgan fingerprint density at radius 1 is 1.40 bits per heavy atom. The van der Waals surface area contributed by atoms with E-state index in [1.165, 1.54) is 0 Å². The van der Waals surface area contributed by atoms with Crippen molar-refractivity contribution >= 4 is 11.6 Å². The minimum absolute atomic E-state index is 0.445. The molecule has 0 rings (SSSR count). The summed E-state index contributed by atoms with van der Waals surface area (Å²) in [6.45, 7) is 7.62. The van der Waals surface area contributed by atoms with Crippen LogP contribution in [0.25, 0.3) is 0 Å². The Hall–Kier alpha value is 0.250. The van der Waals surface area contributed by atoms with Gasteiger partial charge >= 0.3 is 0 Å². The van der Waals surface area contributed by atoms with Crippen molar-refractivity contribution < 1.29 is 5.11 Å². The maximum Gasteiger partial charge on any atom is 0.112 e. The van der Waals surface area contributed by atoms with Gasteiger partial charge in [0.2, 0.25) is 0 Å². The molecule has 0 saturated carbocycles. The molecule has 0 aliphatic heterocycles. The Bertz CT molecular complexity index is 93.9. The molecule has 1 nitrogen and oxygen atoms in total. The van der Waals surface area contributed by atoms with Gasteiger partial charge in [-0.25, -0.2) is 5.11 Å². The van der Waals surface area contributed by atoms with E-state index in [1.807, 2.05) is 13.8 Å². The van der Waals surface area contributed by atoms with Crippen LogP contribution in [-0.2, 0) is 5.11 Å². The van der Waals surface area contributed by atoms with Crippen molar-refractivity contribution in [1.29, 1.82) is 0 Å². The first-order valence-corrected chi connectivity index (χ1v) is 4.06. The summed E-state index contributed by atoms with van der Waals surface area (Å²) < 4.78 is 0. The zero-order valence-corrected chi connectivity index (χ0v) is 7.90. The second-order valence-electron chi connectivity index (χ2n) is 3.68. The summed E-state index contributed by atoms with van der Waals surface area (Å²) in [4.78, 5) is -0.593. The molecule has 1 unspecified atom stereocenters. The monoisotopic (exact) mass is 163 g/mol. The van der Waals surface area contributed by atoms with Crippen LogP contribution in [0.5, 0.6) is 0 Å². The van der Waals surface area contributed by atoms with Crippen molar-refractivity contribution in [2.45, 2.75) is 45.1 Å². The van der Waals surface area contributed by atoms with Gasteiger partial charge in [0, 0.05) is 0 Å². The third kappa shape index (κ3) is 4.13. The summed E-state index contributed by atoms with van der Waals surface area (Å²) in [6.07, 6.45) is 0.0189. The molecule has 0 N–H and O–H groups in total. The van der Waals surface area contributed by atoms with Crippen LogP contribution in [0.3, 0.4) is 0 Å². The Labute approximate surface area is 68.4 Å². The lowest BCUT2D eigenvalue weighted by molar-refractivity contribution is 0.0436. The number of halogens is 1. The molecular weight excluding hydrogens is 148 g/mol. The lowest BCUT2D eigenvalue weighted by atomic mass is 9.97. The van der Waals surface area contributed by atoms with Crippen LogP contribution in [0, 0.1) is 5.92 Å². The van der Waals surface area contributed by atoms with Crippen LogP contribution in [-0.4, -0.2) is 11.0 Å². The third-order valence-electron chi connectivity index (χ3n) is 1.45. The Kier molecular flexibility index (Phi) is 3.68. The highest BCUT2D eigenvalue weighted by Gasteiger charge is 2.26. The molecule has 0 aromatic carbocycles. The lowest BCUT2D eigenvalue weighted by Gasteiger charge is -2.22. The van der Waals surface area contributed by atoms with Crippen molar-refractivity contribution in [1.82, 2.24) is 0 Å². The van der Waals surface area contributed by atoms with E-state index in [1.54, 1.807) is 13.8 Å². The SMILES string of the molecule is CC(C)CC([O])C(C)(C)Cl. The average molecular weight is 164 g/mol. The quantitative estimate of drug-likeness (QED) is 0.571. The highest BCUT2D eigenvalue weighted by Crippen LogP contribution is 2.23. The minimum atomic E-state index is -0.644. The van der Waals surface area contributed by atoms with Gasteiger partial charge in [0.25, 0.3) is 0 Å². The molecule has 0 bridgehead atoms. The van der Waals surface area contributed by atoms with Gasteiger partial charge in [-0.1, -0.05) is 13.8 Å². The van der Waals surface area contributed by atoms with Gasteiger partial charge < -0.3 is 0 Å². The molecule has 0 amide bonds. The van der Waals surface area contributed by atoms with Crippen LogP contribution < -0.4 is 0 Å². The van der Waals surface area contributed by atoms with Crippen LogP contribution in [0.2, 0.25) is 0 Å². The number of rotatable bonds is 3. The summed E-state index contributed by atoms with van der Waals surface area (Å²) >= 11 is 5.82. The Morgan fingerprint density at radius 3 is 1.90 bits per heavy atom. The van der Waals surface area contributed by atoms with E-state index in [0.717, 1.165) is 0 Å². The molecule has 0 saturated heterocycles. The third-order valence-corrected chi connectivity index (χ3v) is 1.69. The second kappa shape index (κ2) is 3.59. The molecule has 1 radical (unpaired) electrons. The first-order valence-electron chi connectivity index (χ1n) is 3.68. The molecule has 0 heterocycles. The van der Waals surface area contributed by atoms with E-state index in [0.29, 0.717) is 12.3 Å². The summed E-state index contributed by atoms with van der Waals surface area (Å²) in [7, 11) is 0. The standard InChI is InChI=1S/C8H16ClO/c1-6(2)5-7(10)8(3,4)9/h6-7H,5H2,1-4H3. The van der Waals surface area contributed by atoms with E-state index in [2.05, 4.69) is 0 Å². The molecule has 0 fully saturated rings. The largest absolute Gasteiger partial charge is 0.231 e. The van der Waals surface area contributed by atoms with Crippen molar-refractivity contribution in [3.8, 4) is 0 Å². The van der Waals surface area contributed by atoms with Crippen molar-refractivity contribution in [2.75, 3.05) is 0 Å². The van der Waals surface area contributed by atoms with Gasteiger partial charge in [0.1, 0.15) is 6.10 Å². The number of alkyl halides is 1. The molecule has 2 heteroatoms. The van der Waals surface area contributed by atoms with Gasteiger partial charge in [-0.3, -0.25) is 0 Å². The van der Waals surface area contributed by atoms with Gasteiger partial charge in [-0.05, 0) is 26.2 Å². The van der Waals surface area contributed by atoms with Crippen LogP contribution in [0.15, 0.2) is 0 Å². The molecular formula is C8H16ClO. The van der Waals surface area contributed by atoms with Crippen molar-refractivity contribution in [2.24, 2.45) is 5.92 Å². The molecule has 61 valence electrons. The summed E-state index contributed by atoms with van der Waals surface area (Å²) in [5, 5.41) is 11.2. The van der Waals surface area contributed by atoms with Crippen LogP contribution in [0.4, 0.5) is 0 Å². The molecule has 0 aromatic rings. The predicted molar refractivity (Wildman–Crippen MR) is 43.9 cm³/mol. The first kappa shape index (κ1) is 10.2. The second-order valence-corrected chi connectivity index (χ2v) is 4.66. The maximum atomic E-state index is 11.2. The lowest BCUT2D eigenvalue weighted by Crippen LogP contribution is -2.30. The smallest absolute Gasteiger partial charge is 0.112 e. The fourth-order valence-corrected chi connectivity index (χ4v) is 0.797. The fourth-order valence-electron chi connectivity index (χ4n) is 0.708. The van der Waals surface area contributed by atoms with Crippen molar-refractivity contribution in [3.63, 3.8) is 0 Å². The van der Waals surface area contributed by atoms with E-state index in [4.69, 9.17) is 11.6 Å². The fraction of sp³-hybridized carbons (Fsp3) is 1.00.